The molecule has 1 aromatic rings. The second-order valence-corrected chi connectivity index (χ2v) is 4.25. The standard InChI is InChI=1S/C10H11IO2/c1-12-9-4-2-3-8(11)10(9)13-7-5-6-7/h2-4,7H,5-6H2,1H3. The van der Waals surface area contributed by atoms with Gasteiger partial charge in [-0.1, -0.05) is 6.07 Å². The molecule has 0 spiro atoms. The van der Waals surface area contributed by atoms with E-state index in [-0.39, 0.29) is 0 Å². The fourth-order valence-electron chi connectivity index (χ4n) is 1.12. The molecule has 0 saturated heterocycles. The molecule has 70 valence electrons. The van der Waals surface area contributed by atoms with Gasteiger partial charge in [-0.15, -0.1) is 0 Å². The summed E-state index contributed by atoms with van der Waals surface area (Å²) in [5, 5.41) is 0. The van der Waals surface area contributed by atoms with Gasteiger partial charge in [-0.2, -0.15) is 0 Å². The fourth-order valence-corrected chi connectivity index (χ4v) is 1.72. The van der Waals surface area contributed by atoms with E-state index in [1.165, 1.54) is 12.8 Å². The van der Waals surface area contributed by atoms with Crippen LogP contribution in [0.1, 0.15) is 12.8 Å². The average Bonchev–Trinajstić information content (AvgIpc) is 2.92. The molecule has 0 aliphatic heterocycles. The van der Waals surface area contributed by atoms with E-state index in [9.17, 15) is 0 Å². The van der Waals surface area contributed by atoms with E-state index < -0.39 is 0 Å². The van der Waals surface area contributed by atoms with Crippen LogP contribution in [0.2, 0.25) is 0 Å². The van der Waals surface area contributed by atoms with E-state index in [2.05, 4.69) is 22.6 Å². The molecule has 0 unspecified atom stereocenters. The lowest BCUT2D eigenvalue weighted by Gasteiger charge is -2.11. The molecule has 1 saturated carbocycles. The van der Waals surface area contributed by atoms with Gasteiger partial charge in [0.15, 0.2) is 11.5 Å². The minimum Gasteiger partial charge on any atom is -0.493 e. The summed E-state index contributed by atoms with van der Waals surface area (Å²) >= 11 is 2.27. The van der Waals surface area contributed by atoms with Crippen LogP contribution in [0.4, 0.5) is 0 Å². The monoisotopic (exact) mass is 290 g/mol. The molecule has 13 heavy (non-hydrogen) atoms. The Morgan fingerprint density at radius 2 is 2.15 bits per heavy atom. The van der Waals surface area contributed by atoms with E-state index in [1.54, 1.807) is 7.11 Å². The van der Waals surface area contributed by atoms with Crippen molar-refractivity contribution in [1.82, 2.24) is 0 Å². The first-order valence-corrected chi connectivity index (χ1v) is 5.38. The largest absolute Gasteiger partial charge is 0.493 e. The zero-order valence-electron chi connectivity index (χ0n) is 7.42. The molecule has 0 heterocycles. The third-order valence-electron chi connectivity index (χ3n) is 1.96. The number of methoxy groups -OCH3 is 1. The maximum absolute atomic E-state index is 5.75. The van der Waals surface area contributed by atoms with Gasteiger partial charge in [0.1, 0.15) is 0 Å². The molecule has 2 nitrogen and oxygen atoms in total. The lowest BCUT2D eigenvalue weighted by molar-refractivity contribution is 0.280. The number of benzene rings is 1. The fraction of sp³-hybridized carbons (Fsp3) is 0.400. The van der Waals surface area contributed by atoms with Gasteiger partial charge in [0.05, 0.1) is 16.8 Å². The van der Waals surface area contributed by atoms with E-state index in [1.807, 2.05) is 18.2 Å². The van der Waals surface area contributed by atoms with Gasteiger partial charge in [-0.05, 0) is 47.6 Å². The van der Waals surface area contributed by atoms with Crippen LogP contribution in [0.25, 0.3) is 0 Å². The zero-order chi connectivity index (χ0) is 9.26. The van der Waals surface area contributed by atoms with E-state index >= 15 is 0 Å². The van der Waals surface area contributed by atoms with Crippen LogP contribution in [-0.4, -0.2) is 13.2 Å². The molecule has 3 heteroatoms. The molecule has 1 aliphatic rings. The Labute approximate surface area is 91.4 Å². The maximum atomic E-state index is 5.75. The number of hydrogen-bond donors (Lipinski definition) is 0. The van der Waals surface area contributed by atoms with Gasteiger partial charge in [-0.25, -0.2) is 0 Å². The zero-order valence-corrected chi connectivity index (χ0v) is 9.58. The summed E-state index contributed by atoms with van der Waals surface area (Å²) in [7, 11) is 1.67. The van der Waals surface area contributed by atoms with Crippen molar-refractivity contribution >= 4 is 22.6 Å². The molecule has 0 bridgehead atoms. The highest BCUT2D eigenvalue weighted by Crippen LogP contribution is 2.36. The van der Waals surface area contributed by atoms with E-state index in [4.69, 9.17) is 9.47 Å². The quantitative estimate of drug-likeness (QED) is 0.797. The number of rotatable bonds is 3. The Kier molecular flexibility index (Phi) is 2.62. The van der Waals surface area contributed by atoms with Crippen LogP contribution >= 0.6 is 22.6 Å². The predicted molar refractivity (Wildman–Crippen MR) is 59.4 cm³/mol. The van der Waals surface area contributed by atoms with Crippen LogP contribution in [0.3, 0.4) is 0 Å². The summed E-state index contributed by atoms with van der Waals surface area (Å²) in [5.41, 5.74) is 0. The highest BCUT2D eigenvalue weighted by Gasteiger charge is 2.25. The van der Waals surface area contributed by atoms with Crippen molar-refractivity contribution in [3.63, 3.8) is 0 Å². The van der Waals surface area contributed by atoms with Crippen LogP contribution in [-0.2, 0) is 0 Å². The highest BCUT2D eigenvalue weighted by molar-refractivity contribution is 14.1. The Balaban J connectivity index is 2.27. The minimum atomic E-state index is 0.421. The van der Waals surface area contributed by atoms with Gasteiger partial charge in [0, 0.05) is 0 Å². The molecule has 1 fully saturated rings. The topological polar surface area (TPSA) is 18.5 Å². The van der Waals surface area contributed by atoms with Crippen molar-refractivity contribution in [3.05, 3.63) is 21.8 Å². The number of para-hydroxylation sites is 1. The first-order valence-electron chi connectivity index (χ1n) is 4.30. The number of halogens is 1. The lowest BCUT2D eigenvalue weighted by atomic mass is 10.3. The third-order valence-corrected chi connectivity index (χ3v) is 2.81. The van der Waals surface area contributed by atoms with E-state index in [0.717, 1.165) is 15.1 Å². The van der Waals surface area contributed by atoms with Crippen LogP contribution in [0.5, 0.6) is 11.5 Å². The summed E-state index contributed by atoms with van der Waals surface area (Å²) in [4.78, 5) is 0. The third kappa shape index (κ3) is 2.07. The summed E-state index contributed by atoms with van der Waals surface area (Å²) < 4.78 is 12.1. The SMILES string of the molecule is COc1cccc(I)c1OC1CC1. The van der Waals surface area contributed by atoms with Crippen LogP contribution in [0, 0.1) is 3.57 Å². The number of ether oxygens (including phenoxy) is 2. The Morgan fingerprint density at radius 3 is 2.77 bits per heavy atom. The van der Waals surface area contributed by atoms with Gasteiger partial charge in [0.25, 0.3) is 0 Å². The normalized spacial score (nSPS) is 15.5. The molecular formula is C10H11IO2. The summed E-state index contributed by atoms with van der Waals surface area (Å²) in [6.45, 7) is 0. The first-order chi connectivity index (χ1) is 6.31. The second-order valence-electron chi connectivity index (χ2n) is 3.09. The van der Waals surface area contributed by atoms with Crippen molar-refractivity contribution < 1.29 is 9.47 Å². The summed E-state index contributed by atoms with van der Waals surface area (Å²) in [6.07, 6.45) is 2.77. The second kappa shape index (κ2) is 3.74. The van der Waals surface area contributed by atoms with Crippen molar-refractivity contribution in [3.8, 4) is 11.5 Å². The van der Waals surface area contributed by atoms with Crippen molar-refractivity contribution in [2.45, 2.75) is 18.9 Å². The Morgan fingerprint density at radius 1 is 1.38 bits per heavy atom. The smallest absolute Gasteiger partial charge is 0.174 e. The van der Waals surface area contributed by atoms with Crippen molar-refractivity contribution in [1.29, 1.82) is 0 Å². The molecule has 0 radical (unpaired) electrons. The minimum absolute atomic E-state index is 0.421. The molecule has 0 aromatic heterocycles. The molecule has 2 rings (SSSR count). The van der Waals surface area contributed by atoms with Gasteiger partial charge in [-0.3, -0.25) is 0 Å². The van der Waals surface area contributed by atoms with Crippen molar-refractivity contribution in [2.24, 2.45) is 0 Å². The van der Waals surface area contributed by atoms with Crippen LogP contribution in [0.15, 0.2) is 18.2 Å². The lowest BCUT2D eigenvalue weighted by Crippen LogP contribution is -2.00. The van der Waals surface area contributed by atoms with Crippen molar-refractivity contribution in [2.75, 3.05) is 7.11 Å². The molecule has 0 amide bonds. The Hall–Kier alpha value is -0.450. The van der Waals surface area contributed by atoms with E-state index in [0.29, 0.717) is 6.10 Å². The highest BCUT2D eigenvalue weighted by atomic mass is 127. The van der Waals surface area contributed by atoms with Gasteiger partial charge < -0.3 is 9.47 Å². The molecule has 1 aliphatic carbocycles. The average molecular weight is 290 g/mol. The molecular weight excluding hydrogens is 279 g/mol. The first kappa shape index (κ1) is 9.12. The molecule has 1 aromatic carbocycles. The number of hydrogen-bond acceptors (Lipinski definition) is 2. The summed E-state index contributed by atoms with van der Waals surface area (Å²) in [5.74, 6) is 1.73. The predicted octanol–water partition coefficient (Wildman–Crippen LogP) is 2.84. The summed E-state index contributed by atoms with van der Waals surface area (Å²) in [6, 6.07) is 5.93. The molecule has 0 atom stereocenters. The molecule has 0 N–H and O–H groups in total. The Bertz CT molecular complexity index is 308. The van der Waals surface area contributed by atoms with Crippen LogP contribution < -0.4 is 9.47 Å². The maximum Gasteiger partial charge on any atom is 0.174 e. The van der Waals surface area contributed by atoms with Gasteiger partial charge in [0.2, 0.25) is 0 Å². The van der Waals surface area contributed by atoms with Gasteiger partial charge >= 0.3 is 0 Å².